The van der Waals surface area contributed by atoms with Crippen molar-refractivity contribution in [2.75, 3.05) is 32.9 Å². The standard InChI is InChI=1S/C18H29NO2/c1-4-21-18(16-8-6-5-7-9-16)14-17(15(2)3)19-10-12-20-13-11-19/h5-9,15,17-18H,4,10-14H2,1-3H3/t17-,18-/m1/s1. The first-order valence-corrected chi connectivity index (χ1v) is 8.20. The summed E-state index contributed by atoms with van der Waals surface area (Å²) >= 11 is 0. The first kappa shape index (κ1) is 16.5. The highest BCUT2D eigenvalue weighted by atomic mass is 16.5. The van der Waals surface area contributed by atoms with Gasteiger partial charge in [-0.05, 0) is 24.8 Å². The van der Waals surface area contributed by atoms with Gasteiger partial charge in [0.05, 0.1) is 19.3 Å². The van der Waals surface area contributed by atoms with Gasteiger partial charge >= 0.3 is 0 Å². The molecule has 1 heterocycles. The highest BCUT2D eigenvalue weighted by Crippen LogP contribution is 2.28. The van der Waals surface area contributed by atoms with E-state index in [4.69, 9.17) is 9.47 Å². The molecule has 3 nitrogen and oxygen atoms in total. The third-order valence-corrected chi connectivity index (χ3v) is 4.28. The molecular weight excluding hydrogens is 262 g/mol. The van der Waals surface area contributed by atoms with Crippen molar-refractivity contribution in [1.29, 1.82) is 0 Å². The van der Waals surface area contributed by atoms with Crippen molar-refractivity contribution in [1.82, 2.24) is 4.90 Å². The predicted octanol–water partition coefficient (Wildman–Crippen LogP) is 3.51. The van der Waals surface area contributed by atoms with Gasteiger partial charge in [0.2, 0.25) is 0 Å². The van der Waals surface area contributed by atoms with Crippen LogP contribution in [0, 0.1) is 5.92 Å². The first-order chi connectivity index (χ1) is 10.2. The number of hydrogen-bond acceptors (Lipinski definition) is 3. The summed E-state index contributed by atoms with van der Waals surface area (Å²) in [5, 5.41) is 0. The van der Waals surface area contributed by atoms with Crippen molar-refractivity contribution >= 4 is 0 Å². The zero-order chi connectivity index (χ0) is 15.1. The van der Waals surface area contributed by atoms with E-state index >= 15 is 0 Å². The molecule has 1 saturated heterocycles. The van der Waals surface area contributed by atoms with E-state index in [0.717, 1.165) is 39.3 Å². The Hall–Kier alpha value is -0.900. The third-order valence-electron chi connectivity index (χ3n) is 4.28. The Morgan fingerprint density at radius 1 is 1.14 bits per heavy atom. The van der Waals surface area contributed by atoms with Gasteiger partial charge in [-0.15, -0.1) is 0 Å². The minimum atomic E-state index is 0.187. The molecule has 0 bridgehead atoms. The van der Waals surface area contributed by atoms with Gasteiger partial charge in [0, 0.05) is 25.7 Å². The lowest BCUT2D eigenvalue weighted by Crippen LogP contribution is -2.46. The van der Waals surface area contributed by atoms with E-state index < -0.39 is 0 Å². The largest absolute Gasteiger partial charge is 0.379 e. The molecule has 0 spiro atoms. The summed E-state index contributed by atoms with van der Waals surface area (Å²) in [4.78, 5) is 2.57. The molecule has 1 aliphatic rings. The van der Waals surface area contributed by atoms with Crippen LogP contribution in [0.2, 0.25) is 0 Å². The van der Waals surface area contributed by atoms with Gasteiger partial charge < -0.3 is 9.47 Å². The van der Waals surface area contributed by atoms with Crippen LogP contribution in [0.5, 0.6) is 0 Å². The van der Waals surface area contributed by atoms with E-state index in [9.17, 15) is 0 Å². The van der Waals surface area contributed by atoms with Crippen LogP contribution in [0.1, 0.15) is 38.9 Å². The lowest BCUT2D eigenvalue weighted by atomic mass is 9.93. The average molecular weight is 291 g/mol. The number of benzene rings is 1. The van der Waals surface area contributed by atoms with E-state index in [2.05, 4.69) is 56.0 Å². The summed E-state index contributed by atoms with van der Waals surface area (Å²) in [7, 11) is 0. The molecule has 1 aromatic rings. The maximum atomic E-state index is 6.04. The minimum Gasteiger partial charge on any atom is -0.379 e. The molecule has 0 aromatic heterocycles. The average Bonchev–Trinajstić information content (AvgIpc) is 2.52. The van der Waals surface area contributed by atoms with Crippen molar-refractivity contribution < 1.29 is 9.47 Å². The Kier molecular flexibility index (Phi) is 6.68. The fourth-order valence-corrected chi connectivity index (χ4v) is 3.14. The Balaban J connectivity index is 2.08. The number of nitrogens with zero attached hydrogens (tertiary/aromatic N) is 1. The van der Waals surface area contributed by atoms with Crippen LogP contribution < -0.4 is 0 Å². The molecule has 21 heavy (non-hydrogen) atoms. The van der Waals surface area contributed by atoms with Gasteiger partial charge in [0.25, 0.3) is 0 Å². The van der Waals surface area contributed by atoms with Crippen molar-refractivity contribution in [3.8, 4) is 0 Å². The zero-order valence-corrected chi connectivity index (χ0v) is 13.6. The van der Waals surface area contributed by atoms with Crippen molar-refractivity contribution in [3.05, 3.63) is 35.9 Å². The number of hydrogen-bond donors (Lipinski definition) is 0. The Morgan fingerprint density at radius 3 is 2.38 bits per heavy atom. The number of rotatable bonds is 7. The second-order valence-electron chi connectivity index (χ2n) is 6.05. The molecule has 0 N–H and O–H groups in total. The van der Waals surface area contributed by atoms with Crippen molar-refractivity contribution in [2.45, 2.75) is 39.3 Å². The summed E-state index contributed by atoms with van der Waals surface area (Å²) in [6.07, 6.45) is 1.24. The molecule has 1 fully saturated rings. The molecule has 0 unspecified atom stereocenters. The van der Waals surface area contributed by atoms with Crippen LogP contribution >= 0.6 is 0 Å². The van der Waals surface area contributed by atoms with Crippen LogP contribution in [-0.2, 0) is 9.47 Å². The van der Waals surface area contributed by atoms with Crippen LogP contribution in [-0.4, -0.2) is 43.9 Å². The van der Waals surface area contributed by atoms with E-state index in [-0.39, 0.29) is 6.10 Å². The molecule has 118 valence electrons. The molecular formula is C18H29NO2. The monoisotopic (exact) mass is 291 g/mol. The summed E-state index contributed by atoms with van der Waals surface area (Å²) in [6.45, 7) is 11.2. The fourth-order valence-electron chi connectivity index (χ4n) is 3.14. The Bertz CT molecular complexity index is 387. The van der Waals surface area contributed by atoms with Crippen molar-refractivity contribution in [3.63, 3.8) is 0 Å². The summed E-state index contributed by atoms with van der Waals surface area (Å²) in [6, 6.07) is 11.2. The molecule has 0 aliphatic carbocycles. The highest BCUT2D eigenvalue weighted by Gasteiger charge is 2.27. The molecule has 0 saturated carbocycles. The van der Waals surface area contributed by atoms with Gasteiger partial charge in [0.1, 0.15) is 0 Å². The maximum absolute atomic E-state index is 6.04. The normalized spacial score (nSPS) is 19.6. The van der Waals surface area contributed by atoms with Gasteiger partial charge in [-0.25, -0.2) is 0 Å². The van der Waals surface area contributed by atoms with E-state index in [0.29, 0.717) is 12.0 Å². The number of morpholine rings is 1. The molecule has 0 amide bonds. The maximum Gasteiger partial charge on any atom is 0.0839 e. The van der Waals surface area contributed by atoms with Crippen LogP contribution in [0.15, 0.2) is 30.3 Å². The third kappa shape index (κ3) is 4.80. The van der Waals surface area contributed by atoms with Crippen LogP contribution in [0.25, 0.3) is 0 Å². The highest BCUT2D eigenvalue weighted by molar-refractivity contribution is 5.18. The first-order valence-electron chi connectivity index (χ1n) is 8.20. The van der Waals surface area contributed by atoms with Gasteiger partial charge in [0.15, 0.2) is 0 Å². The van der Waals surface area contributed by atoms with E-state index in [1.165, 1.54) is 5.56 Å². The number of ether oxygens (including phenoxy) is 2. The van der Waals surface area contributed by atoms with Crippen molar-refractivity contribution in [2.24, 2.45) is 5.92 Å². The van der Waals surface area contributed by atoms with E-state index in [1.54, 1.807) is 0 Å². The minimum absolute atomic E-state index is 0.187. The van der Waals surface area contributed by atoms with Gasteiger partial charge in [-0.2, -0.15) is 0 Å². The predicted molar refractivity (Wildman–Crippen MR) is 86.4 cm³/mol. The second kappa shape index (κ2) is 8.52. The lowest BCUT2D eigenvalue weighted by Gasteiger charge is -2.38. The van der Waals surface area contributed by atoms with E-state index in [1.807, 2.05) is 0 Å². The molecule has 2 atom stereocenters. The molecule has 0 radical (unpaired) electrons. The molecule has 1 aliphatic heterocycles. The van der Waals surface area contributed by atoms with Gasteiger partial charge in [-0.1, -0.05) is 44.2 Å². The van der Waals surface area contributed by atoms with Gasteiger partial charge in [-0.3, -0.25) is 4.90 Å². The Labute approximate surface area is 129 Å². The Morgan fingerprint density at radius 2 is 1.81 bits per heavy atom. The summed E-state index contributed by atoms with van der Waals surface area (Å²) < 4.78 is 11.5. The lowest BCUT2D eigenvalue weighted by molar-refractivity contribution is -0.0219. The SMILES string of the molecule is CCO[C@H](C[C@H](C(C)C)N1CCOCC1)c1ccccc1. The fraction of sp³-hybridized carbons (Fsp3) is 0.667. The zero-order valence-electron chi connectivity index (χ0n) is 13.6. The summed E-state index contributed by atoms with van der Waals surface area (Å²) in [5.41, 5.74) is 1.29. The second-order valence-corrected chi connectivity index (χ2v) is 6.05. The van der Waals surface area contributed by atoms with Crippen LogP contribution in [0.3, 0.4) is 0 Å². The molecule has 3 heteroatoms. The molecule has 1 aromatic carbocycles. The van der Waals surface area contributed by atoms with Crippen LogP contribution in [0.4, 0.5) is 0 Å². The smallest absolute Gasteiger partial charge is 0.0839 e. The quantitative estimate of drug-likeness (QED) is 0.767. The topological polar surface area (TPSA) is 21.7 Å². The molecule has 2 rings (SSSR count). The summed E-state index contributed by atoms with van der Waals surface area (Å²) in [5.74, 6) is 0.620.